The Balaban J connectivity index is 2.67. The molecule has 1 aromatic heterocycles. The normalized spacial score (nSPS) is 14.7. The van der Waals surface area contributed by atoms with E-state index < -0.39 is 0 Å². The van der Waals surface area contributed by atoms with Crippen LogP contribution in [0.5, 0.6) is 0 Å². The van der Waals surface area contributed by atoms with Gasteiger partial charge in [-0.1, -0.05) is 0 Å². The molecular weight excluding hydrogens is 166 g/mol. The maximum Gasteiger partial charge on any atom is 0.282 e. The van der Waals surface area contributed by atoms with Crippen LogP contribution in [0.15, 0.2) is 4.79 Å². The minimum atomic E-state index is -0.358. The number of aromatic nitrogens is 2. The number of nitriles is 1. The van der Waals surface area contributed by atoms with E-state index in [4.69, 9.17) is 5.26 Å². The van der Waals surface area contributed by atoms with Crippen LogP contribution in [0.1, 0.15) is 29.7 Å². The number of hydrogen-bond donors (Lipinski definition) is 1. The number of H-pyrrole nitrogens is 1. The second kappa shape index (κ2) is 3.02. The van der Waals surface area contributed by atoms with Crippen LogP contribution in [0.25, 0.3) is 0 Å². The minimum absolute atomic E-state index is 0.254. The highest BCUT2D eigenvalue weighted by molar-refractivity contribution is 5.38. The largest absolute Gasteiger partial charge is 0.282 e. The second-order valence-electron chi connectivity index (χ2n) is 3.17. The molecule has 1 heterocycles. The number of aryl methyl sites for hydroxylation is 1. The SMILES string of the molecule is N#Cc1c2c(n[nH]c1=O)CCCC2. The van der Waals surface area contributed by atoms with Crippen molar-refractivity contribution in [3.8, 4) is 6.07 Å². The summed E-state index contributed by atoms with van der Waals surface area (Å²) in [5.74, 6) is 0. The zero-order valence-electron chi connectivity index (χ0n) is 7.13. The van der Waals surface area contributed by atoms with Gasteiger partial charge in [0.05, 0.1) is 5.69 Å². The molecule has 0 fully saturated rings. The van der Waals surface area contributed by atoms with E-state index in [1.807, 2.05) is 6.07 Å². The second-order valence-corrected chi connectivity index (χ2v) is 3.17. The maximum atomic E-state index is 11.2. The molecule has 0 aromatic carbocycles. The lowest BCUT2D eigenvalue weighted by Gasteiger charge is -2.13. The minimum Gasteiger partial charge on any atom is -0.267 e. The summed E-state index contributed by atoms with van der Waals surface area (Å²) in [4.78, 5) is 11.2. The van der Waals surface area contributed by atoms with Crippen LogP contribution in [-0.2, 0) is 12.8 Å². The number of nitrogens with zero attached hydrogens (tertiary/aromatic N) is 2. The summed E-state index contributed by atoms with van der Waals surface area (Å²) in [6, 6.07) is 1.94. The molecule has 0 unspecified atom stereocenters. The molecule has 0 saturated carbocycles. The van der Waals surface area contributed by atoms with Gasteiger partial charge in [0, 0.05) is 0 Å². The molecule has 1 aromatic rings. The van der Waals surface area contributed by atoms with Gasteiger partial charge in [0.15, 0.2) is 0 Å². The topological polar surface area (TPSA) is 69.5 Å². The molecule has 66 valence electrons. The Kier molecular flexibility index (Phi) is 1.85. The fourth-order valence-corrected chi connectivity index (χ4v) is 1.71. The first-order valence-electron chi connectivity index (χ1n) is 4.33. The van der Waals surface area contributed by atoms with Gasteiger partial charge >= 0.3 is 0 Å². The van der Waals surface area contributed by atoms with Crippen LogP contribution in [0.2, 0.25) is 0 Å². The molecule has 0 aliphatic heterocycles. The zero-order chi connectivity index (χ0) is 9.26. The van der Waals surface area contributed by atoms with E-state index in [0.717, 1.165) is 36.9 Å². The van der Waals surface area contributed by atoms with Crippen molar-refractivity contribution < 1.29 is 0 Å². The molecule has 0 radical (unpaired) electrons. The molecule has 1 aliphatic carbocycles. The van der Waals surface area contributed by atoms with Gasteiger partial charge in [-0.3, -0.25) is 4.79 Å². The molecule has 4 heteroatoms. The van der Waals surface area contributed by atoms with Crippen molar-refractivity contribution in [1.82, 2.24) is 10.2 Å². The predicted octanol–water partition coefficient (Wildman–Crippen LogP) is 0.520. The van der Waals surface area contributed by atoms with Crippen LogP contribution in [-0.4, -0.2) is 10.2 Å². The number of fused-ring (bicyclic) bond motifs is 1. The van der Waals surface area contributed by atoms with Gasteiger partial charge in [-0.2, -0.15) is 10.4 Å². The van der Waals surface area contributed by atoms with Crippen LogP contribution < -0.4 is 5.56 Å². The Bertz CT molecular complexity index is 427. The molecule has 0 spiro atoms. The van der Waals surface area contributed by atoms with Crippen molar-refractivity contribution in [3.05, 3.63) is 27.2 Å². The number of aromatic amines is 1. The highest BCUT2D eigenvalue weighted by Crippen LogP contribution is 2.19. The fraction of sp³-hybridized carbons (Fsp3) is 0.444. The lowest BCUT2D eigenvalue weighted by atomic mass is 9.94. The average molecular weight is 175 g/mol. The molecule has 0 atom stereocenters. The summed E-state index contributed by atoms with van der Waals surface area (Å²) in [5, 5.41) is 15.1. The van der Waals surface area contributed by atoms with E-state index in [2.05, 4.69) is 10.2 Å². The highest BCUT2D eigenvalue weighted by atomic mass is 16.1. The Labute approximate surface area is 75.2 Å². The lowest BCUT2D eigenvalue weighted by Crippen LogP contribution is -2.20. The predicted molar refractivity (Wildman–Crippen MR) is 46.2 cm³/mol. The molecule has 2 rings (SSSR count). The number of nitrogens with one attached hydrogen (secondary N) is 1. The molecule has 1 aliphatic rings. The third-order valence-electron chi connectivity index (χ3n) is 2.37. The van der Waals surface area contributed by atoms with Gasteiger partial charge in [0.2, 0.25) is 0 Å². The van der Waals surface area contributed by atoms with Gasteiger partial charge in [0.1, 0.15) is 11.6 Å². The Morgan fingerprint density at radius 1 is 1.38 bits per heavy atom. The van der Waals surface area contributed by atoms with Gasteiger partial charge in [-0.15, -0.1) is 0 Å². The quantitative estimate of drug-likeness (QED) is 0.625. The van der Waals surface area contributed by atoms with Gasteiger partial charge in [-0.05, 0) is 31.2 Å². The van der Waals surface area contributed by atoms with Crippen molar-refractivity contribution in [2.45, 2.75) is 25.7 Å². The molecule has 1 N–H and O–H groups in total. The molecule has 0 bridgehead atoms. The van der Waals surface area contributed by atoms with Crippen molar-refractivity contribution in [2.75, 3.05) is 0 Å². The third kappa shape index (κ3) is 1.22. The number of hydrogen-bond acceptors (Lipinski definition) is 3. The summed E-state index contributed by atoms with van der Waals surface area (Å²) in [5.41, 5.74) is 1.65. The highest BCUT2D eigenvalue weighted by Gasteiger charge is 2.16. The third-order valence-corrected chi connectivity index (χ3v) is 2.37. The first-order chi connectivity index (χ1) is 6.33. The van der Waals surface area contributed by atoms with Crippen LogP contribution in [0.4, 0.5) is 0 Å². The van der Waals surface area contributed by atoms with Crippen molar-refractivity contribution >= 4 is 0 Å². The van der Waals surface area contributed by atoms with Crippen molar-refractivity contribution in [3.63, 3.8) is 0 Å². The monoisotopic (exact) mass is 175 g/mol. The van der Waals surface area contributed by atoms with E-state index >= 15 is 0 Å². The van der Waals surface area contributed by atoms with Gasteiger partial charge < -0.3 is 0 Å². The molecule has 0 amide bonds. The van der Waals surface area contributed by atoms with Gasteiger partial charge in [-0.25, -0.2) is 5.10 Å². The lowest BCUT2D eigenvalue weighted by molar-refractivity contribution is 0.649. The summed E-state index contributed by atoms with van der Waals surface area (Å²) >= 11 is 0. The first kappa shape index (κ1) is 7.99. The Morgan fingerprint density at radius 2 is 2.15 bits per heavy atom. The summed E-state index contributed by atoms with van der Waals surface area (Å²) < 4.78 is 0. The van der Waals surface area contributed by atoms with Crippen LogP contribution in [0, 0.1) is 11.3 Å². The van der Waals surface area contributed by atoms with E-state index in [0.29, 0.717) is 0 Å². The zero-order valence-corrected chi connectivity index (χ0v) is 7.13. The van der Waals surface area contributed by atoms with E-state index in [9.17, 15) is 4.79 Å². The van der Waals surface area contributed by atoms with E-state index in [1.54, 1.807) is 0 Å². The molecule has 0 saturated heterocycles. The Hall–Kier alpha value is -1.63. The standard InChI is InChI=1S/C9H9N3O/c10-5-7-6-3-1-2-4-8(6)11-12-9(7)13/h1-4H2,(H,12,13). The van der Waals surface area contributed by atoms with Crippen molar-refractivity contribution in [2.24, 2.45) is 0 Å². The summed E-state index contributed by atoms with van der Waals surface area (Å²) in [6.07, 6.45) is 3.83. The smallest absolute Gasteiger partial charge is 0.267 e. The molecular formula is C9H9N3O. The maximum absolute atomic E-state index is 11.2. The fourth-order valence-electron chi connectivity index (χ4n) is 1.71. The first-order valence-corrected chi connectivity index (χ1v) is 4.33. The van der Waals surface area contributed by atoms with E-state index in [-0.39, 0.29) is 11.1 Å². The van der Waals surface area contributed by atoms with Crippen LogP contribution >= 0.6 is 0 Å². The Morgan fingerprint density at radius 3 is 2.92 bits per heavy atom. The van der Waals surface area contributed by atoms with E-state index in [1.165, 1.54) is 0 Å². The van der Waals surface area contributed by atoms with Crippen molar-refractivity contribution in [1.29, 1.82) is 5.26 Å². The molecule has 4 nitrogen and oxygen atoms in total. The summed E-state index contributed by atoms with van der Waals surface area (Å²) in [7, 11) is 0. The average Bonchev–Trinajstić information content (AvgIpc) is 2.18. The molecule has 13 heavy (non-hydrogen) atoms. The number of rotatable bonds is 0. The van der Waals surface area contributed by atoms with Gasteiger partial charge in [0.25, 0.3) is 5.56 Å². The van der Waals surface area contributed by atoms with Crippen LogP contribution in [0.3, 0.4) is 0 Å². The summed E-state index contributed by atoms with van der Waals surface area (Å²) in [6.45, 7) is 0.